The van der Waals surface area contributed by atoms with E-state index in [1.165, 1.54) is 0 Å². The minimum absolute atomic E-state index is 0.145. The molecule has 0 radical (unpaired) electrons. The van der Waals surface area contributed by atoms with Crippen LogP contribution in [0.5, 0.6) is 0 Å². The van der Waals surface area contributed by atoms with Crippen LogP contribution in [-0.2, 0) is 6.42 Å². The Balaban J connectivity index is 2.31. The van der Waals surface area contributed by atoms with Gasteiger partial charge in [0.1, 0.15) is 0 Å². The second-order valence-corrected chi connectivity index (χ2v) is 5.35. The Hall–Kier alpha value is -1.60. The molecule has 19 heavy (non-hydrogen) atoms. The van der Waals surface area contributed by atoms with E-state index in [0.717, 1.165) is 27.8 Å². The summed E-state index contributed by atoms with van der Waals surface area (Å²) in [6.07, 6.45) is 0.439. The quantitative estimate of drug-likeness (QED) is 0.741. The first-order valence-corrected chi connectivity index (χ1v) is 6.71. The molecule has 0 N–H and O–H groups in total. The molecule has 0 aliphatic carbocycles. The zero-order valence-corrected chi connectivity index (χ0v) is 12.2. The number of hydrogen-bond donors (Lipinski definition) is 0. The van der Waals surface area contributed by atoms with Crippen LogP contribution in [0.1, 0.15) is 32.6 Å². The highest BCUT2D eigenvalue weighted by Gasteiger charge is 2.12. The van der Waals surface area contributed by atoms with E-state index < -0.39 is 0 Å². The van der Waals surface area contributed by atoms with E-state index >= 15 is 0 Å². The predicted octanol–water partition coefficient (Wildman–Crippen LogP) is 4.69. The molecule has 0 heterocycles. The number of benzene rings is 2. The van der Waals surface area contributed by atoms with Crippen LogP contribution >= 0.6 is 11.6 Å². The summed E-state index contributed by atoms with van der Waals surface area (Å²) in [7, 11) is 0. The van der Waals surface area contributed by atoms with Crippen molar-refractivity contribution in [1.82, 2.24) is 0 Å². The minimum atomic E-state index is 0.145. The van der Waals surface area contributed by atoms with E-state index in [1.54, 1.807) is 0 Å². The van der Waals surface area contributed by atoms with Crippen LogP contribution in [0, 0.1) is 20.8 Å². The van der Waals surface area contributed by atoms with Crippen molar-refractivity contribution in [3.8, 4) is 0 Å². The van der Waals surface area contributed by atoms with Gasteiger partial charge in [-0.3, -0.25) is 4.79 Å². The van der Waals surface area contributed by atoms with Gasteiger partial charge in [-0.1, -0.05) is 35.9 Å². The van der Waals surface area contributed by atoms with Gasteiger partial charge < -0.3 is 0 Å². The molecule has 0 spiro atoms. The number of aryl methyl sites for hydroxylation is 3. The molecule has 2 rings (SSSR count). The summed E-state index contributed by atoms with van der Waals surface area (Å²) in [5, 5.41) is 0.713. The van der Waals surface area contributed by atoms with Gasteiger partial charge in [0.25, 0.3) is 0 Å². The van der Waals surface area contributed by atoms with Crippen LogP contribution in [0.25, 0.3) is 0 Å². The van der Waals surface area contributed by atoms with Crippen molar-refractivity contribution in [2.45, 2.75) is 27.2 Å². The molecular weight excluding hydrogens is 256 g/mol. The van der Waals surface area contributed by atoms with Gasteiger partial charge in [0.2, 0.25) is 0 Å². The van der Waals surface area contributed by atoms with Gasteiger partial charge in [0.05, 0.1) is 0 Å². The zero-order chi connectivity index (χ0) is 14.0. The lowest BCUT2D eigenvalue weighted by molar-refractivity contribution is 0.0992. The summed E-state index contributed by atoms with van der Waals surface area (Å²) in [5.41, 5.74) is 4.89. The average molecular weight is 273 g/mol. The Labute approximate surface area is 119 Å². The third kappa shape index (κ3) is 3.05. The molecule has 0 amide bonds. The molecule has 2 heteroatoms. The second kappa shape index (κ2) is 5.58. The van der Waals surface area contributed by atoms with E-state index in [-0.39, 0.29) is 5.78 Å². The Bertz CT molecular complexity index is 629. The highest BCUT2D eigenvalue weighted by molar-refractivity contribution is 6.31. The highest BCUT2D eigenvalue weighted by Crippen LogP contribution is 2.22. The molecule has 98 valence electrons. The van der Waals surface area contributed by atoms with E-state index in [4.69, 9.17) is 11.6 Å². The van der Waals surface area contributed by atoms with E-state index in [1.807, 2.05) is 57.2 Å². The molecule has 0 aliphatic rings. The van der Waals surface area contributed by atoms with Crippen molar-refractivity contribution in [2.24, 2.45) is 0 Å². The smallest absolute Gasteiger partial charge is 0.167 e. The van der Waals surface area contributed by atoms with Gasteiger partial charge in [-0.25, -0.2) is 0 Å². The monoisotopic (exact) mass is 272 g/mol. The van der Waals surface area contributed by atoms with Gasteiger partial charge in [-0.2, -0.15) is 0 Å². The topological polar surface area (TPSA) is 17.1 Å². The van der Waals surface area contributed by atoms with E-state index in [2.05, 4.69) is 0 Å². The first-order valence-electron chi connectivity index (χ1n) is 6.33. The van der Waals surface area contributed by atoms with Crippen LogP contribution in [0.4, 0.5) is 0 Å². The molecule has 0 unspecified atom stereocenters. The molecule has 0 atom stereocenters. The summed E-state index contributed by atoms with van der Waals surface area (Å²) in [5.74, 6) is 0.145. The van der Waals surface area contributed by atoms with E-state index in [9.17, 15) is 4.79 Å². The van der Waals surface area contributed by atoms with Crippen molar-refractivity contribution in [3.63, 3.8) is 0 Å². The fourth-order valence-corrected chi connectivity index (χ4v) is 2.38. The lowest BCUT2D eigenvalue weighted by Gasteiger charge is -2.09. The number of halogens is 1. The average Bonchev–Trinajstić information content (AvgIpc) is 2.36. The summed E-state index contributed by atoms with van der Waals surface area (Å²) >= 11 is 6.06. The Morgan fingerprint density at radius 3 is 2.37 bits per heavy atom. The lowest BCUT2D eigenvalue weighted by Crippen LogP contribution is -2.07. The summed E-state index contributed by atoms with van der Waals surface area (Å²) in [6, 6.07) is 11.7. The minimum Gasteiger partial charge on any atom is -0.294 e. The van der Waals surface area contributed by atoms with Gasteiger partial charge >= 0.3 is 0 Å². The fourth-order valence-electron chi connectivity index (χ4n) is 2.16. The summed E-state index contributed by atoms with van der Waals surface area (Å²) in [6.45, 7) is 5.88. The largest absolute Gasteiger partial charge is 0.294 e. The number of ketones is 1. The molecule has 2 aromatic carbocycles. The number of carbonyl (C=O) groups is 1. The molecule has 1 nitrogen and oxygen atoms in total. The van der Waals surface area contributed by atoms with Crippen LogP contribution in [-0.4, -0.2) is 5.78 Å². The van der Waals surface area contributed by atoms with Gasteiger partial charge in [-0.05, 0) is 55.2 Å². The van der Waals surface area contributed by atoms with Gasteiger partial charge in [0.15, 0.2) is 5.78 Å². The standard InChI is InChI=1S/C17H17ClO/c1-11-6-4-5-7-14(11)10-17(19)15-8-13(3)16(18)9-12(15)2/h4-9H,10H2,1-3H3. The van der Waals surface area contributed by atoms with Crippen molar-refractivity contribution in [3.05, 3.63) is 69.2 Å². The van der Waals surface area contributed by atoms with Crippen LogP contribution in [0.3, 0.4) is 0 Å². The van der Waals surface area contributed by atoms with Crippen molar-refractivity contribution >= 4 is 17.4 Å². The molecular formula is C17H17ClO. The molecule has 0 saturated carbocycles. The maximum absolute atomic E-state index is 12.4. The fraction of sp³-hybridized carbons (Fsp3) is 0.235. The van der Waals surface area contributed by atoms with Crippen molar-refractivity contribution in [1.29, 1.82) is 0 Å². The molecule has 2 aromatic rings. The number of carbonyl (C=O) groups excluding carboxylic acids is 1. The third-order valence-electron chi connectivity index (χ3n) is 3.42. The van der Waals surface area contributed by atoms with Crippen LogP contribution in [0.2, 0.25) is 5.02 Å². The van der Waals surface area contributed by atoms with E-state index in [0.29, 0.717) is 11.4 Å². The molecule has 0 aliphatic heterocycles. The molecule has 0 fully saturated rings. The first-order chi connectivity index (χ1) is 8.99. The molecule has 0 saturated heterocycles. The first kappa shape index (κ1) is 13.8. The number of rotatable bonds is 3. The van der Waals surface area contributed by atoms with Crippen LogP contribution < -0.4 is 0 Å². The Morgan fingerprint density at radius 1 is 1.00 bits per heavy atom. The molecule has 0 aromatic heterocycles. The maximum atomic E-state index is 12.4. The maximum Gasteiger partial charge on any atom is 0.167 e. The Morgan fingerprint density at radius 2 is 1.68 bits per heavy atom. The van der Waals surface area contributed by atoms with Crippen LogP contribution in [0.15, 0.2) is 36.4 Å². The summed E-state index contributed by atoms with van der Waals surface area (Å²) < 4.78 is 0. The predicted molar refractivity (Wildman–Crippen MR) is 80.1 cm³/mol. The van der Waals surface area contributed by atoms with Gasteiger partial charge in [0, 0.05) is 17.0 Å². The highest BCUT2D eigenvalue weighted by atomic mass is 35.5. The van der Waals surface area contributed by atoms with Crippen molar-refractivity contribution in [2.75, 3.05) is 0 Å². The second-order valence-electron chi connectivity index (χ2n) is 4.94. The summed E-state index contributed by atoms with van der Waals surface area (Å²) in [4.78, 5) is 12.4. The lowest BCUT2D eigenvalue weighted by atomic mass is 9.96. The Kier molecular flexibility index (Phi) is 4.06. The SMILES string of the molecule is Cc1cc(C(=O)Cc2ccccc2C)c(C)cc1Cl. The number of hydrogen-bond acceptors (Lipinski definition) is 1. The third-order valence-corrected chi connectivity index (χ3v) is 3.83. The van der Waals surface area contributed by atoms with Crippen molar-refractivity contribution < 1.29 is 4.79 Å². The van der Waals surface area contributed by atoms with Gasteiger partial charge in [-0.15, -0.1) is 0 Å². The number of Topliss-reactive ketones (excluding diaryl/α,β-unsaturated/α-hetero) is 1. The molecule has 0 bridgehead atoms. The zero-order valence-electron chi connectivity index (χ0n) is 11.5. The normalized spacial score (nSPS) is 10.5.